The van der Waals surface area contributed by atoms with E-state index in [1.807, 2.05) is 6.92 Å². The van der Waals surface area contributed by atoms with E-state index in [4.69, 9.17) is 4.74 Å². The van der Waals surface area contributed by atoms with Crippen molar-refractivity contribution in [3.8, 4) is 5.75 Å². The minimum atomic E-state index is -0.356. The number of aromatic amines is 2. The Kier molecular flexibility index (Phi) is 2.99. The highest BCUT2D eigenvalue weighted by Crippen LogP contribution is 2.19. The molecule has 3 N–H and O–H groups in total. The van der Waals surface area contributed by atoms with Crippen LogP contribution in [0.4, 0.5) is 5.82 Å². The molecule has 2 rings (SSSR count). The largest absolute Gasteiger partial charge is 0.489 e. The number of hydrogen-bond acceptors (Lipinski definition) is 7. The van der Waals surface area contributed by atoms with Crippen LogP contribution in [-0.2, 0) is 0 Å². The van der Waals surface area contributed by atoms with Gasteiger partial charge in [0.2, 0.25) is 5.75 Å². The van der Waals surface area contributed by atoms with Gasteiger partial charge in [-0.05, 0) is 6.92 Å². The van der Waals surface area contributed by atoms with Crippen LogP contribution in [0.1, 0.15) is 18.8 Å². The molecule has 0 bridgehead atoms. The number of rotatable bonds is 4. The molecule has 9 nitrogen and oxygen atoms in total. The summed E-state index contributed by atoms with van der Waals surface area (Å²) in [5.74, 6) is 0.908. The highest BCUT2D eigenvalue weighted by Gasteiger charge is 2.15. The zero-order valence-corrected chi connectivity index (χ0v) is 9.26. The van der Waals surface area contributed by atoms with Gasteiger partial charge in [0.1, 0.15) is 0 Å². The average Bonchev–Trinajstić information content (AvgIpc) is 2.82. The number of aromatic nitrogens is 6. The minimum Gasteiger partial charge on any atom is -0.489 e. The molecule has 0 radical (unpaired) electrons. The first-order valence-corrected chi connectivity index (χ1v) is 4.84. The van der Waals surface area contributed by atoms with Gasteiger partial charge in [-0.1, -0.05) is 5.21 Å². The summed E-state index contributed by atoms with van der Waals surface area (Å²) >= 11 is 0. The van der Waals surface area contributed by atoms with Gasteiger partial charge in [0.25, 0.3) is 5.56 Å². The van der Waals surface area contributed by atoms with E-state index in [0.29, 0.717) is 11.6 Å². The van der Waals surface area contributed by atoms with Crippen molar-refractivity contribution in [3.05, 3.63) is 22.5 Å². The third kappa shape index (κ3) is 2.22. The summed E-state index contributed by atoms with van der Waals surface area (Å²) < 4.78 is 4.96. The molecule has 0 spiro atoms. The Morgan fingerprint density at radius 2 is 2.35 bits per heavy atom. The van der Waals surface area contributed by atoms with Gasteiger partial charge in [-0.2, -0.15) is 5.21 Å². The first kappa shape index (κ1) is 11.0. The molecule has 0 aromatic carbocycles. The number of nitrogens with one attached hydrogen (secondary N) is 3. The fraction of sp³-hybridized carbons (Fsp3) is 0.375. The van der Waals surface area contributed by atoms with E-state index in [-0.39, 0.29) is 17.4 Å². The van der Waals surface area contributed by atoms with Gasteiger partial charge < -0.3 is 15.0 Å². The Morgan fingerprint density at radius 3 is 3.00 bits per heavy atom. The third-order valence-corrected chi connectivity index (χ3v) is 2.12. The maximum absolute atomic E-state index is 11.4. The van der Waals surface area contributed by atoms with Crippen LogP contribution in [-0.4, -0.2) is 37.7 Å². The molecule has 0 aliphatic rings. The van der Waals surface area contributed by atoms with Crippen molar-refractivity contribution in [2.45, 2.75) is 13.0 Å². The summed E-state index contributed by atoms with van der Waals surface area (Å²) in [7, 11) is 1.40. The third-order valence-electron chi connectivity index (χ3n) is 2.12. The van der Waals surface area contributed by atoms with Crippen molar-refractivity contribution in [1.29, 1.82) is 0 Å². The van der Waals surface area contributed by atoms with Gasteiger partial charge in [-0.25, -0.2) is 4.98 Å². The first-order chi connectivity index (χ1) is 8.22. The van der Waals surface area contributed by atoms with E-state index in [0.717, 1.165) is 0 Å². The second-order valence-corrected chi connectivity index (χ2v) is 3.25. The Morgan fingerprint density at radius 1 is 1.53 bits per heavy atom. The zero-order chi connectivity index (χ0) is 12.3. The van der Waals surface area contributed by atoms with Crippen molar-refractivity contribution in [1.82, 2.24) is 30.6 Å². The molecule has 90 valence electrons. The van der Waals surface area contributed by atoms with Crippen molar-refractivity contribution in [2.75, 3.05) is 12.4 Å². The summed E-state index contributed by atoms with van der Waals surface area (Å²) in [5, 5.41) is 16.4. The second kappa shape index (κ2) is 4.60. The Labute approximate surface area is 95.6 Å². The number of nitrogens with zero attached hydrogens (tertiary/aromatic N) is 4. The second-order valence-electron chi connectivity index (χ2n) is 3.25. The topological polar surface area (TPSA) is 121 Å². The predicted octanol–water partition coefficient (Wildman–Crippen LogP) is -0.535. The van der Waals surface area contributed by atoms with E-state index in [2.05, 4.69) is 35.9 Å². The Bertz CT molecular complexity index is 535. The lowest BCUT2D eigenvalue weighted by Crippen LogP contribution is -2.16. The zero-order valence-electron chi connectivity index (χ0n) is 9.26. The van der Waals surface area contributed by atoms with Crippen molar-refractivity contribution in [2.24, 2.45) is 0 Å². The summed E-state index contributed by atoms with van der Waals surface area (Å²) in [6.07, 6.45) is 1.29. The van der Waals surface area contributed by atoms with Gasteiger partial charge >= 0.3 is 0 Å². The number of tetrazole rings is 1. The monoisotopic (exact) mass is 237 g/mol. The maximum atomic E-state index is 11.4. The number of ether oxygens (including phenoxy) is 1. The van der Waals surface area contributed by atoms with Crippen LogP contribution in [0.5, 0.6) is 5.75 Å². The predicted molar refractivity (Wildman–Crippen MR) is 57.6 cm³/mol. The number of anilines is 1. The van der Waals surface area contributed by atoms with E-state index in [9.17, 15) is 4.79 Å². The van der Waals surface area contributed by atoms with Gasteiger partial charge in [0, 0.05) is 0 Å². The summed E-state index contributed by atoms with van der Waals surface area (Å²) in [6, 6.07) is -0.253. The standard InChI is InChI=1S/C8H11N7O2/c1-4(6-12-14-15-13-6)11-7-5(17-2)8(16)10-3-9-7/h3-4H,1-2H3,(H2,9,10,11,16)(H,12,13,14,15). The summed E-state index contributed by atoms with van der Waals surface area (Å²) in [5.41, 5.74) is -0.356. The molecule has 0 aliphatic heterocycles. The molecule has 0 saturated carbocycles. The highest BCUT2D eigenvalue weighted by atomic mass is 16.5. The molecule has 0 aliphatic carbocycles. The lowest BCUT2D eigenvalue weighted by Gasteiger charge is -2.12. The molecular weight excluding hydrogens is 226 g/mol. The normalized spacial score (nSPS) is 12.1. The average molecular weight is 237 g/mol. The van der Waals surface area contributed by atoms with Crippen LogP contribution in [0.3, 0.4) is 0 Å². The molecule has 2 aromatic heterocycles. The van der Waals surface area contributed by atoms with Gasteiger partial charge in [-0.3, -0.25) is 4.79 Å². The van der Waals surface area contributed by atoms with E-state index in [1.54, 1.807) is 0 Å². The summed E-state index contributed by atoms with van der Waals surface area (Å²) in [6.45, 7) is 1.81. The van der Waals surface area contributed by atoms with Crippen LogP contribution >= 0.6 is 0 Å². The van der Waals surface area contributed by atoms with Crippen LogP contribution in [0.15, 0.2) is 11.1 Å². The molecule has 0 saturated heterocycles. The van der Waals surface area contributed by atoms with Crippen molar-refractivity contribution in [3.63, 3.8) is 0 Å². The number of methoxy groups -OCH3 is 1. The molecule has 0 fully saturated rings. The summed E-state index contributed by atoms with van der Waals surface area (Å²) in [4.78, 5) is 17.8. The molecule has 2 heterocycles. The Hall–Kier alpha value is -2.45. The highest BCUT2D eigenvalue weighted by molar-refractivity contribution is 5.48. The SMILES string of the molecule is COc1c(NC(C)c2nn[nH]n2)nc[nH]c1=O. The van der Waals surface area contributed by atoms with Gasteiger partial charge in [-0.15, -0.1) is 10.2 Å². The molecule has 17 heavy (non-hydrogen) atoms. The molecule has 1 atom stereocenters. The van der Waals surface area contributed by atoms with Crippen molar-refractivity contribution < 1.29 is 4.74 Å². The van der Waals surface area contributed by atoms with Crippen LogP contribution < -0.4 is 15.6 Å². The van der Waals surface area contributed by atoms with Crippen LogP contribution in [0, 0.1) is 0 Å². The first-order valence-electron chi connectivity index (χ1n) is 4.84. The molecule has 9 heteroatoms. The molecule has 2 aromatic rings. The van der Waals surface area contributed by atoms with E-state index < -0.39 is 0 Å². The minimum absolute atomic E-state index is 0.114. The van der Waals surface area contributed by atoms with Crippen molar-refractivity contribution >= 4 is 5.82 Å². The van der Waals surface area contributed by atoms with Crippen LogP contribution in [0.25, 0.3) is 0 Å². The molecular formula is C8H11N7O2. The number of hydrogen-bond donors (Lipinski definition) is 3. The maximum Gasteiger partial charge on any atom is 0.295 e. The van der Waals surface area contributed by atoms with Gasteiger partial charge in [0.15, 0.2) is 11.6 Å². The Balaban J connectivity index is 2.24. The fourth-order valence-electron chi connectivity index (χ4n) is 1.30. The van der Waals surface area contributed by atoms with E-state index >= 15 is 0 Å². The number of H-pyrrole nitrogens is 2. The fourth-order valence-corrected chi connectivity index (χ4v) is 1.30. The van der Waals surface area contributed by atoms with E-state index in [1.165, 1.54) is 13.4 Å². The molecule has 1 unspecified atom stereocenters. The van der Waals surface area contributed by atoms with Gasteiger partial charge in [0.05, 0.1) is 19.5 Å². The van der Waals surface area contributed by atoms with Crippen LogP contribution in [0.2, 0.25) is 0 Å². The lowest BCUT2D eigenvalue weighted by atomic mass is 10.3. The smallest absolute Gasteiger partial charge is 0.295 e. The lowest BCUT2D eigenvalue weighted by molar-refractivity contribution is 0.407. The molecule has 0 amide bonds. The quantitative estimate of drug-likeness (QED) is 0.653.